The number of methoxy groups -OCH3 is 1. The number of rotatable bonds is 7. The molecule has 3 nitrogen and oxygen atoms in total. The molecule has 0 atom stereocenters. The van der Waals surface area contributed by atoms with Crippen molar-refractivity contribution < 1.29 is 14.3 Å². The Bertz CT molecular complexity index is 424. The molecular formula is C17H26O3. The van der Waals surface area contributed by atoms with Gasteiger partial charge in [0.1, 0.15) is 12.4 Å². The monoisotopic (exact) mass is 278 g/mol. The fourth-order valence-electron chi connectivity index (χ4n) is 2.19. The summed E-state index contributed by atoms with van der Waals surface area (Å²) >= 11 is 0. The van der Waals surface area contributed by atoms with Crippen molar-refractivity contribution in [2.75, 3.05) is 13.7 Å². The molecule has 1 aliphatic carbocycles. The lowest BCUT2D eigenvalue weighted by atomic mass is 10.1. The van der Waals surface area contributed by atoms with Gasteiger partial charge in [-0.15, -0.1) is 0 Å². The van der Waals surface area contributed by atoms with Crippen LogP contribution in [-0.4, -0.2) is 19.7 Å². The lowest BCUT2D eigenvalue weighted by Gasteiger charge is -2.07. The molecule has 0 saturated carbocycles. The Balaban J connectivity index is 2.42. The van der Waals surface area contributed by atoms with Crippen LogP contribution in [0.4, 0.5) is 0 Å². The summed E-state index contributed by atoms with van der Waals surface area (Å²) in [5.74, 6) is 0.562. The molecule has 0 bridgehead atoms. The lowest BCUT2D eigenvalue weighted by Crippen LogP contribution is -2.06. The Morgan fingerprint density at radius 1 is 1.20 bits per heavy atom. The first-order valence-electron chi connectivity index (χ1n) is 7.26. The molecule has 0 N–H and O–H groups in total. The van der Waals surface area contributed by atoms with Crippen molar-refractivity contribution in [3.8, 4) is 0 Å². The van der Waals surface area contributed by atoms with E-state index in [1.807, 2.05) is 0 Å². The highest BCUT2D eigenvalue weighted by Crippen LogP contribution is 2.27. The van der Waals surface area contributed by atoms with E-state index >= 15 is 0 Å². The standard InChI is InChI=1S/C17H26O3/c1-13(2)7-5-8-14(3)11-12-20-16-10-6-9-15(16)17(18)19-4/h7,11H,5-6,8-10,12H2,1-4H3/b14-11+. The molecule has 0 fully saturated rings. The van der Waals surface area contributed by atoms with Gasteiger partial charge in [-0.25, -0.2) is 4.79 Å². The van der Waals surface area contributed by atoms with Crippen LogP contribution in [0.5, 0.6) is 0 Å². The summed E-state index contributed by atoms with van der Waals surface area (Å²) < 4.78 is 10.5. The summed E-state index contributed by atoms with van der Waals surface area (Å²) in [6, 6.07) is 0. The molecular weight excluding hydrogens is 252 g/mol. The molecule has 0 unspecified atom stereocenters. The third-order valence-corrected chi connectivity index (χ3v) is 3.38. The second-order valence-corrected chi connectivity index (χ2v) is 5.43. The summed E-state index contributed by atoms with van der Waals surface area (Å²) in [6.45, 7) is 6.88. The zero-order chi connectivity index (χ0) is 15.0. The largest absolute Gasteiger partial charge is 0.493 e. The first kappa shape index (κ1) is 16.5. The Kier molecular flexibility index (Phi) is 7.13. The van der Waals surface area contributed by atoms with E-state index in [9.17, 15) is 4.79 Å². The number of carbonyl (C=O) groups is 1. The Labute approximate surface area is 122 Å². The van der Waals surface area contributed by atoms with Crippen LogP contribution in [0.2, 0.25) is 0 Å². The molecule has 0 radical (unpaired) electrons. The van der Waals surface area contributed by atoms with Crippen LogP contribution in [0, 0.1) is 0 Å². The average Bonchev–Trinajstić information content (AvgIpc) is 2.86. The van der Waals surface area contributed by atoms with Crippen LogP contribution in [0.3, 0.4) is 0 Å². The molecule has 1 rings (SSSR count). The maximum atomic E-state index is 11.5. The van der Waals surface area contributed by atoms with E-state index in [0.717, 1.165) is 37.9 Å². The Morgan fingerprint density at radius 2 is 1.95 bits per heavy atom. The summed E-state index contributed by atoms with van der Waals surface area (Å²) in [5.41, 5.74) is 3.39. The zero-order valence-electron chi connectivity index (χ0n) is 13.1. The molecule has 0 aromatic rings. The fourth-order valence-corrected chi connectivity index (χ4v) is 2.19. The molecule has 0 aliphatic heterocycles. The van der Waals surface area contributed by atoms with Crippen molar-refractivity contribution in [1.82, 2.24) is 0 Å². The molecule has 0 aromatic carbocycles. The van der Waals surface area contributed by atoms with Crippen molar-refractivity contribution in [3.05, 3.63) is 34.6 Å². The second kappa shape index (κ2) is 8.62. The summed E-state index contributed by atoms with van der Waals surface area (Å²) in [6.07, 6.45) is 9.05. The second-order valence-electron chi connectivity index (χ2n) is 5.43. The van der Waals surface area contributed by atoms with E-state index in [0.29, 0.717) is 12.2 Å². The lowest BCUT2D eigenvalue weighted by molar-refractivity contribution is -0.136. The van der Waals surface area contributed by atoms with Crippen molar-refractivity contribution in [3.63, 3.8) is 0 Å². The van der Waals surface area contributed by atoms with Gasteiger partial charge in [-0.1, -0.05) is 17.2 Å². The molecule has 112 valence electrons. The number of hydrogen-bond donors (Lipinski definition) is 0. The van der Waals surface area contributed by atoms with Gasteiger partial charge >= 0.3 is 5.97 Å². The van der Waals surface area contributed by atoms with Crippen molar-refractivity contribution in [1.29, 1.82) is 0 Å². The average molecular weight is 278 g/mol. The van der Waals surface area contributed by atoms with Gasteiger partial charge in [0, 0.05) is 6.42 Å². The highest BCUT2D eigenvalue weighted by atomic mass is 16.5. The summed E-state index contributed by atoms with van der Waals surface area (Å²) in [4.78, 5) is 11.5. The van der Waals surface area contributed by atoms with Gasteiger partial charge < -0.3 is 9.47 Å². The minimum absolute atomic E-state index is 0.248. The van der Waals surface area contributed by atoms with E-state index in [1.165, 1.54) is 18.3 Å². The highest BCUT2D eigenvalue weighted by molar-refractivity contribution is 5.89. The van der Waals surface area contributed by atoms with Crippen LogP contribution >= 0.6 is 0 Å². The zero-order valence-corrected chi connectivity index (χ0v) is 13.1. The van der Waals surface area contributed by atoms with Gasteiger partial charge in [0.2, 0.25) is 0 Å². The minimum atomic E-state index is -0.248. The predicted molar refractivity (Wildman–Crippen MR) is 81.3 cm³/mol. The Hall–Kier alpha value is -1.51. The maximum Gasteiger partial charge on any atom is 0.337 e. The summed E-state index contributed by atoms with van der Waals surface area (Å²) in [5, 5.41) is 0. The number of ether oxygens (including phenoxy) is 2. The first-order valence-corrected chi connectivity index (χ1v) is 7.26. The SMILES string of the molecule is COC(=O)C1=C(OC/C=C(\C)CCC=C(C)C)CCC1. The van der Waals surface area contributed by atoms with Crippen LogP contribution < -0.4 is 0 Å². The van der Waals surface area contributed by atoms with Crippen molar-refractivity contribution in [2.45, 2.75) is 52.9 Å². The third-order valence-electron chi connectivity index (χ3n) is 3.38. The van der Waals surface area contributed by atoms with E-state index in [4.69, 9.17) is 9.47 Å². The maximum absolute atomic E-state index is 11.5. The van der Waals surface area contributed by atoms with Gasteiger partial charge in [-0.3, -0.25) is 0 Å². The molecule has 1 aliphatic rings. The van der Waals surface area contributed by atoms with Crippen molar-refractivity contribution in [2.24, 2.45) is 0 Å². The van der Waals surface area contributed by atoms with Gasteiger partial charge in [0.05, 0.1) is 12.7 Å². The quantitative estimate of drug-likeness (QED) is 0.514. The first-order chi connectivity index (χ1) is 9.54. The molecule has 0 heterocycles. The Morgan fingerprint density at radius 3 is 2.60 bits per heavy atom. The van der Waals surface area contributed by atoms with E-state index in [1.54, 1.807) is 0 Å². The molecule has 20 heavy (non-hydrogen) atoms. The molecule has 0 saturated heterocycles. The fraction of sp³-hybridized carbons (Fsp3) is 0.588. The number of esters is 1. The predicted octanol–water partition coefficient (Wildman–Crippen LogP) is 4.31. The topological polar surface area (TPSA) is 35.5 Å². The van der Waals surface area contributed by atoms with Crippen LogP contribution in [0.15, 0.2) is 34.6 Å². The smallest absolute Gasteiger partial charge is 0.337 e. The molecule has 3 heteroatoms. The summed E-state index contributed by atoms with van der Waals surface area (Å²) in [7, 11) is 1.42. The van der Waals surface area contributed by atoms with Crippen LogP contribution in [0.25, 0.3) is 0 Å². The van der Waals surface area contributed by atoms with E-state index < -0.39 is 0 Å². The molecule has 0 spiro atoms. The van der Waals surface area contributed by atoms with Gasteiger partial charge in [0.25, 0.3) is 0 Å². The van der Waals surface area contributed by atoms with Gasteiger partial charge in [-0.2, -0.15) is 0 Å². The van der Waals surface area contributed by atoms with E-state index in [2.05, 4.69) is 32.9 Å². The van der Waals surface area contributed by atoms with Gasteiger partial charge in [0.15, 0.2) is 0 Å². The van der Waals surface area contributed by atoms with Crippen LogP contribution in [0.1, 0.15) is 52.9 Å². The normalized spacial score (nSPS) is 15.3. The number of allylic oxidation sites excluding steroid dienone is 4. The van der Waals surface area contributed by atoms with Crippen molar-refractivity contribution >= 4 is 5.97 Å². The number of carbonyl (C=O) groups excluding carboxylic acids is 1. The highest BCUT2D eigenvalue weighted by Gasteiger charge is 2.22. The van der Waals surface area contributed by atoms with Gasteiger partial charge in [-0.05, 0) is 52.5 Å². The van der Waals surface area contributed by atoms with Crippen LogP contribution in [-0.2, 0) is 14.3 Å². The molecule has 0 aromatic heterocycles. The molecule has 0 amide bonds. The third kappa shape index (κ3) is 5.64. The number of hydrogen-bond acceptors (Lipinski definition) is 3. The minimum Gasteiger partial charge on any atom is -0.493 e. The van der Waals surface area contributed by atoms with E-state index in [-0.39, 0.29) is 5.97 Å².